The van der Waals surface area contributed by atoms with Crippen molar-refractivity contribution >= 4 is 11.6 Å². The Balaban J connectivity index is 1.99. The molecule has 0 saturated heterocycles. The van der Waals surface area contributed by atoms with Crippen LogP contribution in [-0.2, 0) is 6.54 Å². The zero-order valence-electron chi connectivity index (χ0n) is 11.9. The van der Waals surface area contributed by atoms with Gasteiger partial charge in [0.1, 0.15) is 5.75 Å². The van der Waals surface area contributed by atoms with E-state index < -0.39 is 0 Å². The lowest BCUT2D eigenvalue weighted by Crippen LogP contribution is -2.24. The van der Waals surface area contributed by atoms with Crippen LogP contribution in [0, 0.1) is 5.92 Å². The van der Waals surface area contributed by atoms with Crippen LogP contribution < -0.4 is 10.1 Å². The summed E-state index contributed by atoms with van der Waals surface area (Å²) < 4.78 is 6.19. The number of rotatable bonds is 5. The number of ether oxygens (including phenoxy) is 1. The predicted octanol–water partition coefficient (Wildman–Crippen LogP) is 4.41. The smallest absolute Gasteiger partial charge is 0.124 e. The van der Waals surface area contributed by atoms with Crippen molar-refractivity contribution in [1.29, 1.82) is 0 Å². The van der Waals surface area contributed by atoms with Crippen molar-refractivity contribution < 1.29 is 4.74 Å². The molecule has 0 unspecified atom stereocenters. The molecule has 0 bridgehead atoms. The molecular weight excluding hydrogens is 258 g/mol. The van der Waals surface area contributed by atoms with E-state index in [2.05, 4.69) is 12.2 Å². The molecule has 0 aromatic heterocycles. The second kappa shape index (κ2) is 7.16. The van der Waals surface area contributed by atoms with Crippen molar-refractivity contribution in [2.24, 2.45) is 5.92 Å². The molecule has 0 spiro atoms. The van der Waals surface area contributed by atoms with E-state index in [0.29, 0.717) is 6.10 Å². The highest BCUT2D eigenvalue weighted by molar-refractivity contribution is 6.30. The number of benzene rings is 1. The van der Waals surface area contributed by atoms with E-state index in [9.17, 15) is 0 Å². The first-order chi connectivity index (χ1) is 9.22. The number of hydrogen-bond donors (Lipinski definition) is 1. The number of nitrogens with one attached hydrogen (secondary N) is 1. The minimum Gasteiger partial charge on any atom is -0.490 e. The van der Waals surface area contributed by atoms with Gasteiger partial charge >= 0.3 is 0 Å². The minimum atomic E-state index is 0.375. The van der Waals surface area contributed by atoms with E-state index in [0.717, 1.165) is 28.8 Å². The van der Waals surface area contributed by atoms with Crippen LogP contribution in [0.2, 0.25) is 5.02 Å². The van der Waals surface area contributed by atoms with Gasteiger partial charge in [-0.3, -0.25) is 0 Å². The lowest BCUT2D eigenvalue weighted by atomic mass is 9.86. The van der Waals surface area contributed by atoms with Gasteiger partial charge in [0.25, 0.3) is 0 Å². The van der Waals surface area contributed by atoms with E-state index >= 15 is 0 Å². The Morgan fingerprint density at radius 1 is 1.26 bits per heavy atom. The van der Waals surface area contributed by atoms with Crippen molar-refractivity contribution in [2.75, 3.05) is 7.05 Å². The highest BCUT2D eigenvalue weighted by atomic mass is 35.5. The van der Waals surface area contributed by atoms with Gasteiger partial charge in [-0.1, -0.05) is 24.9 Å². The third-order valence-electron chi connectivity index (χ3n) is 4.05. The molecule has 0 aliphatic heterocycles. The fourth-order valence-corrected chi connectivity index (χ4v) is 3.02. The Morgan fingerprint density at radius 2 is 2.00 bits per heavy atom. The third-order valence-corrected chi connectivity index (χ3v) is 4.29. The largest absolute Gasteiger partial charge is 0.490 e. The monoisotopic (exact) mass is 281 g/mol. The van der Waals surface area contributed by atoms with Crippen LogP contribution in [0.25, 0.3) is 0 Å². The van der Waals surface area contributed by atoms with Crippen molar-refractivity contribution in [3.05, 3.63) is 28.8 Å². The molecule has 1 aromatic rings. The minimum absolute atomic E-state index is 0.375. The molecule has 0 heterocycles. The van der Waals surface area contributed by atoms with Crippen molar-refractivity contribution in [2.45, 2.75) is 51.7 Å². The Hall–Kier alpha value is -0.730. The van der Waals surface area contributed by atoms with E-state index in [4.69, 9.17) is 16.3 Å². The number of hydrogen-bond acceptors (Lipinski definition) is 2. The SMILES string of the molecule is CCC1CCC(Oc2ccc(Cl)cc2CNC)CC1. The average molecular weight is 282 g/mol. The zero-order valence-corrected chi connectivity index (χ0v) is 12.7. The number of halogens is 1. The summed E-state index contributed by atoms with van der Waals surface area (Å²) in [5, 5.41) is 3.94. The molecular formula is C16H24ClNO. The summed E-state index contributed by atoms with van der Waals surface area (Å²) in [7, 11) is 1.94. The molecule has 1 aliphatic carbocycles. The Morgan fingerprint density at radius 3 is 2.63 bits per heavy atom. The summed E-state index contributed by atoms with van der Waals surface area (Å²) in [6.45, 7) is 3.08. The van der Waals surface area contributed by atoms with Crippen molar-refractivity contribution in [3.63, 3.8) is 0 Å². The highest BCUT2D eigenvalue weighted by Crippen LogP contribution is 2.31. The molecule has 19 heavy (non-hydrogen) atoms. The Bertz CT molecular complexity index is 400. The van der Waals surface area contributed by atoms with Crippen LogP contribution in [0.15, 0.2) is 18.2 Å². The summed E-state index contributed by atoms with van der Waals surface area (Å²) in [5.74, 6) is 1.89. The van der Waals surface area contributed by atoms with Gasteiger partial charge in [0, 0.05) is 17.1 Å². The van der Waals surface area contributed by atoms with Crippen LogP contribution in [0.1, 0.15) is 44.6 Å². The van der Waals surface area contributed by atoms with Crippen molar-refractivity contribution in [3.8, 4) is 5.75 Å². The van der Waals surface area contributed by atoms with E-state index in [-0.39, 0.29) is 0 Å². The zero-order chi connectivity index (χ0) is 13.7. The molecule has 2 nitrogen and oxygen atoms in total. The standard InChI is InChI=1S/C16H24ClNO/c1-3-12-4-7-15(8-5-12)19-16-9-6-14(17)10-13(16)11-18-2/h6,9-10,12,15,18H,3-5,7-8,11H2,1-2H3. The van der Waals surface area contributed by atoms with Crippen molar-refractivity contribution in [1.82, 2.24) is 5.32 Å². The van der Waals surface area contributed by atoms with Crippen LogP contribution >= 0.6 is 11.6 Å². The second-order valence-corrected chi connectivity index (χ2v) is 5.89. The summed E-state index contributed by atoms with van der Waals surface area (Å²) in [6.07, 6.45) is 6.64. The first-order valence-corrected chi connectivity index (χ1v) is 7.70. The molecule has 3 heteroatoms. The maximum absolute atomic E-state index is 6.19. The second-order valence-electron chi connectivity index (χ2n) is 5.45. The normalized spacial score (nSPS) is 23.3. The molecule has 0 radical (unpaired) electrons. The first kappa shape index (κ1) is 14.7. The summed E-state index contributed by atoms with van der Waals surface area (Å²) in [5.41, 5.74) is 1.15. The van der Waals surface area contributed by atoms with Gasteiger partial charge in [0.2, 0.25) is 0 Å². The summed E-state index contributed by atoms with van der Waals surface area (Å²) >= 11 is 6.05. The van der Waals surface area contributed by atoms with Gasteiger partial charge < -0.3 is 10.1 Å². The lowest BCUT2D eigenvalue weighted by molar-refractivity contribution is 0.128. The summed E-state index contributed by atoms with van der Waals surface area (Å²) in [4.78, 5) is 0. The topological polar surface area (TPSA) is 21.3 Å². The molecule has 1 N–H and O–H groups in total. The van der Waals surface area contributed by atoms with E-state index in [1.807, 2.05) is 25.2 Å². The maximum Gasteiger partial charge on any atom is 0.124 e. The quantitative estimate of drug-likeness (QED) is 0.863. The van der Waals surface area contributed by atoms with Crippen LogP contribution in [0.4, 0.5) is 0 Å². The van der Waals surface area contributed by atoms with Gasteiger partial charge in [-0.05, 0) is 56.8 Å². The van der Waals surface area contributed by atoms with Gasteiger partial charge in [-0.2, -0.15) is 0 Å². The predicted molar refractivity (Wildman–Crippen MR) is 80.9 cm³/mol. The van der Waals surface area contributed by atoms with Crippen LogP contribution in [-0.4, -0.2) is 13.2 Å². The fraction of sp³-hybridized carbons (Fsp3) is 0.625. The summed E-state index contributed by atoms with van der Waals surface area (Å²) in [6, 6.07) is 5.90. The maximum atomic E-state index is 6.19. The van der Waals surface area contributed by atoms with E-state index in [1.165, 1.54) is 32.1 Å². The van der Waals surface area contributed by atoms with Gasteiger partial charge in [-0.15, -0.1) is 0 Å². The fourth-order valence-electron chi connectivity index (χ4n) is 2.83. The molecule has 1 fully saturated rings. The molecule has 1 aromatic carbocycles. The van der Waals surface area contributed by atoms with Gasteiger partial charge in [0.15, 0.2) is 0 Å². The third kappa shape index (κ3) is 4.12. The Labute approximate surface area is 121 Å². The molecule has 0 atom stereocenters. The molecule has 1 saturated carbocycles. The van der Waals surface area contributed by atoms with E-state index in [1.54, 1.807) is 0 Å². The Kier molecular flexibility index (Phi) is 5.53. The molecule has 106 valence electrons. The molecule has 2 rings (SSSR count). The molecule has 0 amide bonds. The first-order valence-electron chi connectivity index (χ1n) is 7.32. The molecule has 1 aliphatic rings. The van der Waals surface area contributed by atoms with Crippen LogP contribution in [0.5, 0.6) is 5.75 Å². The lowest BCUT2D eigenvalue weighted by Gasteiger charge is -2.29. The van der Waals surface area contributed by atoms with Gasteiger partial charge in [-0.25, -0.2) is 0 Å². The average Bonchev–Trinajstić information content (AvgIpc) is 2.43. The van der Waals surface area contributed by atoms with Gasteiger partial charge in [0.05, 0.1) is 6.10 Å². The highest BCUT2D eigenvalue weighted by Gasteiger charge is 2.21. The van der Waals surface area contributed by atoms with Crippen LogP contribution in [0.3, 0.4) is 0 Å².